The SMILES string of the molecule is CC(/C=C/C1C[C@]2(CO2)C[C@@H](CC(N)=O)O1)=C\CC1O[C@H](C)[C@H](NC(=O)/C=C\[C@H](C)OC(=O)N2CCN(C(=O)OCc3ccc(NC(=O)[C@H](CCCNC(N)=O)NC(=O)[C@@H](NC(=O)CCCCCNC(=O)OCC4c5ccccc5-c5ccccc54)C(C)C)cc3)CC2)C[C@@H]1C. The van der Waals surface area contributed by atoms with Crippen molar-refractivity contribution in [2.45, 2.75) is 179 Å². The summed E-state index contributed by atoms with van der Waals surface area (Å²) in [6.07, 6.45) is 11.3. The van der Waals surface area contributed by atoms with Gasteiger partial charge in [0.2, 0.25) is 29.5 Å². The molecule has 10 atom stereocenters. The summed E-state index contributed by atoms with van der Waals surface area (Å²) >= 11 is 0. The van der Waals surface area contributed by atoms with Crippen LogP contribution in [0.3, 0.4) is 0 Å². The second-order valence-electron chi connectivity index (χ2n) is 26.1. The summed E-state index contributed by atoms with van der Waals surface area (Å²) in [7, 11) is 0. The first kappa shape index (κ1) is 73.0. The lowest BCUT2D eigenvalue weighted by Gasteiger charge is -2.39. The first-order valence-corrected chi connectivity index (χ1v) is 33.6. The van der Waals surface area contributed by atoms with Crippen LogP contribution in [0.25, 0.3) is 11.1 Å². The number of urea groups is 1. The number of unbranched alkanes of at least 4 members (excludes halogenated alkanes) is 2. The number of epoxide rings is 1. The second-order valence-corrected chi connectivity index (χ2v) is 26.1. The quantitative estimate of drug-likeness (QED) is 0.0105. The molecule has 0 aromatic heterocycles. The van der Waals surface area contributed by atoms with Gasteiger partial charge in [-0.25, -0.2) is 19.2 Å². The summed E-state index contributed by atoms with van der Waals surface area (Å²) in [6.45, 7) is 13.4. The number of anilines is 1. The number of nitrogens with zero attached hydrogens (tertiary/aromatic N) is 2. The number of hydrogen-bond donors (Lipinski definition) is 8. The molecule has 10 N–H and O–H groups in total. The molecule has 1 spiro atoms. The van der Waals surface area contributed by atoms with Crippen LogP contribution in [0.5, 0.6) is 0 Å². The molecule has 10 amide bonds. The lowest BCUT2D eigenvalue weighted by Crippen LogP contribution is -2.54. The van der Waals surface area contributed by atoms with Crippen LogP contribution in [-0.2, 0) is 59.0 Å². The predicted octanol–water partition coefficient (Wildman–Crippen LogP) is 7.52. The highest BCUT2D eigenvalue weighted by Gasteiger charge is 2.51. The normalized spacial score (nSPS) is 22.5. The fourth-order valence-corrected chi connectivity index (χ4v) is 12.6. The van der Waals surface area contributed by atoms with Gasteiger partial charge in [0.05, 0.1) is 49.1 Å². The average molecular weight is 1330 g/mol. The zero-order chi connectivity index (χ0) is 68.9. The third-order valence-electron chi connectivity index (χ3n) is 18.1. The van der Waals surface area contributed by atoms with Crippen molar-refractivity contribution in [3.63, 3.8) is 0 Å². The van der Waals surface area contributed by atoms with Gasteiger partial charge in [0.25, 0.3) is 0 Å². The Morgan fingerprint density at radius 2 is 1.42 bits per heavy atom. The highest BCUT2D eigenvalue weighted by Crippen LogP contribution is 2.45. The van der Waals surface area contributed by atoms with E-state index < -0.39 is 54.3 Å². The maximum Gasteiger partial charge on any atom is 0.410 e. The lowest BCUT2D eigenvalue weighted by atomic mass is 9.88. The van der Waals surface area contributed by atoms with Crippen LogP contribution in [-0.4, -0.2) is 170 Å². The van der Waals surface area contributed by atoms with E-state index in [2.05, 4.69) is 69.2 Å². The molecule has 0 bridgehead atoms. The molecule has 2 unspecified atom stereocenters. The highest BCUT2D eigenvalue weighted by molar-refractivity contribution is 5.98. The maximum absolute atomic E-state index is 13.8. The monoisotopic (exact) mass is 1330 g/mol. The molecule has 3 aromatic carbocycles. The number of rotatable bonds is 30. The van der Waals surface area contributed by atoms with E-state index in [1.54, 1.807) is 45.0 Å². The molecule has 25 heteroatoms. The van der Waals surface area contributed by atoms with Crippen molar-refractivity contribution in [3.05, 3.63) is 125 Å². The van der Waals surface area contributed by atoms with Crippen LogP contribution in [0.4, 0.5) is 24.9 Å². The van der Waals surface area contributed by atoms with Gasteiger partial charge in [-0.15, -0.1) is 0 Å². The zero-order valence-electron chi connectivity index (χ0n) is 56.0. The maximum atomic E-state index is 13.8. The van der Waals surface area contributed by atoms with Gasteiger partial charge in [-0.05, 0) is 117 Å². The Balaban J connectivity index is 0.692. The van der Waals surface area contributed by atoms with Crippen molar-refractivity contribution in [2.75, 3.05) is 57.8 Å². The van der Waals surface area contributed by atoms with Crippen LogP contribution >= 0.6 is 0 Å². The van der Waals surface area contributed by atoms with Gasteiger partial charge in [0.1, 0.15) is 31.4 Å². The van der Waals surface area contributed by atoms with Gasteiger partial charge in [-0.2, -0.15) is 0 Å². The predicted molar refractivity (Wildman–Crippen MR) is 358 cm³/mol. The Bertz CT molecular complexity index is 3240. The van der Waals surface area contributed by atoms with Crippen molar-refractivity contribution in [1.29, 1.82) is 0 Å². The number of ether oxygens (including phenoxy) is 6. The van der Waals surface area contributed by atoms with Crippen molar-refractivity contribution < 1.29 is 71.6 Å². The third kappa shape index (κ3) is 22.1. The molecular weight excluding hydrogens is 1230 g/mol. The van der Waals surface area contributed by atoms with Gasteiger partial charge in [-0.1, -0.05) is 112 Å². The van der Waals surface area contributed by atoms with Crippen LogP contribution in [0, 0.1) is 11.8 Å². The molecule has 96 heavy (non-hydrogen) atoms. The van der Waals surface area contributed by atoms with Crippen molar-refractivity contribution in [3.8, 4) is 11.1 Å². The average Bonchev–Trinajstić information content (AvgIpc) is 1.63. The molecule has 4 heterocycles. The van der Waals surface area contributed by atoms with E-state index >= 15 is 0 Å². The first-order chi connectivity index (χ1) is 46.0. The molecule has 1 aliphatic carbocycles. The molecule has 5 aliphatic rings. The van der Waals surface area contributed by atoms with Crippen LogP contribution in [0.1, 0.15) is 135 Å². The Morgan fingerprint density at radius 3 is 2.07 bits per heavy atom. The highest BCUT2D eigenvalue weighted by atomic mass is 16.6. The number of amides is 10. The molecule has 4 saturated heterocycles. The molecule has 3 aromatic rings. The van der Waals surface area contributed by atoms with Gasteiger partial charge in [0, 0.05) is 76.2 Å². The molecule has 0 saturated carbocycles. The van der Waals surface area contributed by atoms with E-state index in [0.29, 0.717) is 62.9 Å². The number of allylic oxidation sites excluding steroid dienone is 2. The van der Waals surface area contributed by atoms with E-state index in [4.69, 9.17) is 39.9 Å². The van der Waals surface area contributed by atoms with Crippen molar-refractivity contribution in [2.24, 2.45) is 23.3 Å². The minimum absolute atomic E-state index is 0.0406. The summed E-state index contributed by atoms with van der Waals surface area (Å²) in [5.74, 6) is -2.39. The Labute approximate surface area is 561 Å². The van der Waals surface area contributed by atoms with Crippen LogP contribution in [0.2, 0.25) is 0 Å². The van der Waals surface area contributed by atoms with E-state index in [9.17, 15) is 43.2 Å². The number of piperazine rings is 1. The largest absolute Gasteiger partial charge is 0.449 e. The van der Waals surface area contributed by atoms with Gasteiger partial charge in [-0.3, -0.25) is 24.0 Å². The Morgan fingerprint density at radius 1 is 0.750 bits per heavy atom. The standard InChI is InChI=1S/C71H96N10O15/c1-44(2)64(79-62(83)20-8-7-13-31-75-68(88)91-42-57-55-17-11-9-15-53(55)54-16-10-12-18-56(54)57)66(86)78-58(19-14-32-74-67(73)87)65(85)76-50-26-24-49(25-27-50)41-92-69(89)80-33-35-81(36-34-80)70(90)94-47(5)23-30-63(84)77-59-37-46(4)60(95-48(59)6)29-22-45(3)21-28-51-39-71(43-93-71)40-52(96-51)38-61(72)82/h9-12,15-18,21-28,30,44,46-48,51-52,57-60,64H,7-8,13-14,19-20,29,31-43H2,1-6H3,(H2,72,82)(H,75,88)(H,76,85)(H,77,84)(H,78,86)(H,79,83)(H3,73,74,87)/b28-21+,30-23-,45-22+/t46-,47-,48+,51?,52+,58-,59+,60?,64-,71+/m0/s1. The fraction of sp³-hybridized carbons (Fsp3) is 0.535. The number of nitrogens with two attached hydrogens (primary N) is 2. The van der Waals surface area contributed by atoms with Crippen LogP contribution in [0.15, 0.2) is 109 Å². The number of hydrogen-bond acceptors (Lipinski definition) is 15. The number of nitrogens with one attached hydrogen (secondary N) is 6. The molecule has 520 valence electrons. The van der Waals surface area contributed by atoms with Gasteiger partial charge < -0.3 is 81.6 Å². The topological polar surface area (TPSA) is 343 Å². The third-order valence-corrected chi connectivity index (χ3v) is 18.1. The summed E-state index contributed by atoms with van der Waals surface area (Å²) in [4.78, 5) is 119. The van der Waals surface area contributed by atoms with Crippen molar-refractivity contribution in [1.82, 2.24) is 36.4 Å². The Kier molecular flexibility index (Phi) is 26.8. The number of primary amides is 2. The fourth-order valence-electron chi connectivity index (χ4n) is 12.6. The number of alkyl carbamates (subject to hydrolysis) is 1. The Hall–Kier alpha value is -8.81. The smallest absolute Gasteiger partial charge is 0.410 e. The molecule has 25 nitrogen and oxygen atoms in total. The minimum atomic E-state index is -1.06. The van der Waals surface area contributed by atoms with E-state index in [0.717, 1.165) is 34.2 Å². The number of benzene rings is 3. The van der Waals surface area contributed by atoms with Gasteiger partial charge in [0.15, 0.2) is 0 Å². The first-order valence-electron chi connectivity index (χ1n) is 33.6. The van der Waals surface area contributed by atoms with E-state index in [1.165, 1.54) is 22.0 Å². The molecular formula is C71H96N10O15. The van der Waals surface area contributed by atoms with Crippen LogP contribution < -0.4 is 43.4 Å². The summed E-state index contributed by atoms with van der Waals surface area (Å²) in [6, 6.07) is 19.9. The van der Waals surface area contributed by atoms with E-state index in [-0.39, 0.29) is 143 Å². The number of fused-ring (bicyclic) bond motifs is 3. The van der Waals surface area contributed by atoms with Crippen molar-refractivity contribution >= 4 is 59.5 Å². The van der Waals surface area contributed by atoms with Gasteiger partial charge >= 0.3 is 24.3 Å². The molecule has 4 aliphatic heterocycles. The zero-order valence-corrected chi connectivity index (χ0v) is 56.0. The molecule has 0 radical (unpaired) electrons. The summed E-state index contributed by atoms with van der Waals surface area (Å²) in [5, 5.41) is 16.8. The summed E-state index contributed by atoms with van der Waals surface area (Å²) < 4.78 is 35.1. The number of carbonyl (C=O) groups excluding carboxylic acids is 9. The molecule has 8 rings (SSSR count). The van der Waals surface area contributed by atoms with E-state index in [1.807, 2.05) is 50.3 Å². The molecule has 4 fully saturated rings. The summed E-state index contributed by atoms with van der Waals surface area (Å²) in [5.41, 5.74) is 17.1. The number of carbonyl (C=O) groups is 9. The minimum Gasteiger partial charge on any atom is -0.449 e. The lowest BCUT2D eigenvalue weighted by molar-refractivity contribution is -0.132. The second kappa shape index (κ2) is 35.3.